The number of carbonyl (C=O) groups is 2. The molecule has 1 N–H and O–H groups in total. The van der Waals surface area contributed by atoms with Crippen LogP contribution in [0.5, 0.6) is 0 Å². The highest BCUT2D eigenvalue weighted by Gasteiger charge is 2.33. The van der Waals surface area contributed by atoms with Gasteiger partial charge in [0.15, 0.2) is 0 Å². The number of anilines is 1. The van der Waals surface area contributed by atoms with Gasteiger partial charge in [-0.3, -0.25) is 14.5 Å². The molecule has 9 heteroatoms. The molecular weight excluding hydrogens is 616 g/mol. The smallest absolute Gasteiger partial charge is 0.266 e. The molecule has 0 aliphatic carbocycles. The van der Waals surface area contributed by atoms with Crippen molar-refractivity contribution in [3.05, 3.63) is 78.0 Å². The summed E-state index contributed by atoms with van der Waals surface area (Å²) in [7, 11) is 0. The first kappa shape index (κ1) is 23.4. The van der Waals surface area contributed by atoms with Crippen LogP contribution in [0.15, 0.2) is 72.4 Å². The van der Waals surface area contributed by atoms with Crippen molar-refractivity contribution in [2.45, 2.75) is 6.92 Å². The number of amides is 2. The van der Waals surface area contributed by atoms with Crippen molar-refractivity contribution in [3.63, 3.8) is 0 Å². The van der Waals surface area contributed by atoms with Gasteiger partial charge < -0.3 is 5.32 Å². The fourth-order valence-electron chi connectivity index (χ4n) is 2.68. The molecule has 4 nitrogen and oxygen atoms in total. The average Bonchev–Trinajstić information content (AvgIpc) is 2.92. The molecule has 1 aliphatic heterocycles. The highest BCUT2D eigenvalue weighted by molar-refractivity contribution is 9.11. The molecule has 0 bridgehead atoms. The molecule has 1 saturated heterocycles. The minimum Gasteiger partial charge on any atom is -0.323 e. The third-order valence-corrected chi connectivity index (χ3v) is 7.09. The summed E-state index contributed by atoms with van der Waals surface area (Å²) in [5.74, 6) is -0.609. The Balaban J connectivity index is 1.71. The molecule has 1 aliphatic rings. The lowest BCUT2D eigenvalue weighted by molar-refractivity contribution is -0.126. The predicted molar refractivity (Wildman–Crippen MR) is 138 cm³/mol. The van der Waals surface area contributed by atoms with E-state index in [9.17, 15) is 9.59 Å². The van der Waals surface area contributed by atoms with Crippen LogP contribution in [0.1, 0.15) is 12.5 Å². The van der Waals surface area contributed by atoms with E-state index in [0.29, 0.717) is 23.9 Å². The van der Waals surface area contributed by atoms with E-state index >= 15 is 0 Å². The van der Waals surface area contributed by atoms with Crippen LogP contribution < -0.4 is 5.32 Å². The number of thiocarbonyl (C=S) groups is 1. The summed E-state index contributed by atoms with van der Waals surface area (Å²) in [4.78, 5) is 27.2. The number of benzene rings is 2. The molecule has 0 spiro atoms. The van der Waals surface area contributed by atoms with Crippen LogP contribution >= 0.6 is 71.8 Å². The van der Waals surface area contributed by atoms with E-state index < -0.39 is 0 Å². The molecule has 154 valence electrons. The molecule has 2 amide bonds. The van der Waals surface area contributed by atoms with Crippen LogP contribution in [-0.4, -0.2) is 27.6 Å². The van der Waals surface area contributed by atoms with E-state index in [1.165, 1.54) is 16.7 Å². The van der Waals surface area contributed by atoms with Gasteiger partial charge >= 0.3 is 0 Å². The third kappa shape index (κ3) is 5.91. The van der Waals surface area contributed by atoms with Crippen LogP contribution in [0.2, 0.25) is 0 Å². The normalized spacial score (nSPS) is 15.8. The summed E-state index contributed by atoms with van der Waals surface area (Å²) < 4.78 is 2.65. The lowest BCUT2D eigenvalue weighted by Crippen LogP contribution is -2.36. The Labute approximate surface area is 209 Å². The van der Waals surface area contributed by atoms with E-state index in [0.717, 1.165) is 15.6 Å². The fraction of sp³-hybridized carbons (Fsp3) is 0.0952. The Morgan fingerprint density at radius 2 is 1.80 bits per heavy atom. The van der Waals surface area contributed by atoms with Crippen LogP contribution in [-0.2, 0) is 9.59 Å². The molecule has 0 saturated carbocycles. The quantitative estimate of drug-likeness (QED) is 0.293. The maximum absolute atomic E-state index is 12.8. The number of carbonyl (C=O) groups excluding carboxylic acids is 2. The molecule has 1 heterocycles. The Hall–Kier alpha value is -1.26. The first-order valence-electron chi connectivity index (χ1n) is 8.67. The monoisotopic (exact) mass is 628 g/mol. The molecule has 3 rings (SSSR count). The van der Waals surface area contributed by atoms with Gasteiger partial charge in [0.2, 0.25) is 5.91 Å². The largest absolute Gasteiger partial charge is 0.323 e. The zero-order valence-electron chi connectivity index (χ0n) is 15.6. The van der Waals surface area contributed by atoms with Gasteiger partial charge in [-0.25, -0.2) is 0 Å². The summed E-state index contributed by atoms with van der Waals surface area (Å²) in [5.41, 5.74) is 2.56. The summed E-state index contributed by atoms with van der Waals surface area (Å²) in [6.45, 7) is 1.77. The first-order chi connectivity index (χ1) is 14.2. The summed E-state index contributed by atoms with van der Waals surface area (Å²) in [5, 5.41) is 2.81. The highest BCUT2D eigenvalue weighted by Crippen LogP contribution is 2.35. The Bertz CT molecular complexity index is 1060. The van der Waals surface area contributed by atoms with Crippen molar-refractivity contribution in [2.24, 2.45) is 0 Å². The number of halogens is 3. The number of rotatable bonds is 5. The molecule has 30 heavy (non-hydrogen) atoms. The van der Waals surface area contributed by atoms with Crippen molar-refractivity contribution in [1.82, 2.24) is 4.90 Å². The Morgan fingerprint density at radius 3 is 2.43 bits per heavy atom. The molecule has 0 atom stereocenters. The minimum absolute atomic E-state index is 0.154. The van der Waals surface area contributed by atoms with Crippen LogP contribution in [0.4, 0.5) is 5.69 Å². The fourth-order valence-corrected chi connectivity index (χ4v) is 6.44. The summed E-state index contributed by atoms with van der Waals surface area (Å²) in [6, 6.07) is 13.5. The van der Waals surface area contributed by atoms with E-state index in [1.54, 1.807) is 6.08 Å². The zero-order chi connectivity index (χ0) is 21.8. The zero-order valence-corrected chi connectivity index (χ0v) is 22.0. The Morgan fingerprint density at radius 1 is 1.17 bits per heavy atom. The van der Waals surface area contributed by atoms with E-state index in [2.05, 4.69) is 53.1 Å². The van der Waals surface area contributed by atoms with E-state index in [-0.39, 0.29) is 18.4 Å². The number of nitrogens with one attached hydrogen (secondary N) is 1. The van der Waals surface area contributed by atoms with Crippen molar-refractivity contribution >= 4 is 99.7 Å². The molecule has 0 aromatic heterocycles. The lowest BCUT2D eigenvalue weighted by Gasteiger charge is -2.15. The van der Waals surface area contributed by atoms with Gasteiger partial charge in [-0.15, -0.1) is 0 Å². The van der Waals surface area contributed by atoms with Crippen LogP contribution in [0.25, 0.3) is 6.08 Å². The van der Waals surface area contributed by atoms with Crippen molar-refractivity contribution in [3.8, 4) is 0 Å². The number of nitrogens with zero attached hydrogens (tertiary/aromatic N) is 1. The van der Waals surface area contributed by atoms with Gasteiger partial charge in [0, 0.05) is 13.4 Å². The Kier molecular flexibility index (Phi) is 8.09. The van der Waals surface area contributed by atoms with Gasteiger partial charge in [0.1, 0.15) is 10.9 Å². The van der Waals surface area contributed by atoms with Gasteiger partial charge in [-0.05, 0) is 68.1 Å². The second-order valence-electron chi connectivity index (χ2n) is 6.36. The summed E-state index contributed by atoms with van der Waals surface area (Å²) in [6.07, 6.45) is 3.79. The second-order valence-corrected chi connectivity index (χ2v) is 10.7. The van der Waals surface area contributed by atoms with E-state index in [1.807, 2.05) is 55.5 Å². The maximum Gasteiger partial charge on any atom is 0.266 e. The minimum atomic E-state index is -0.340. The van der Waals surface area contributed by atoms with Crippen LogP contribution in [0.3, 0.4) is 0 Å². The van der Waals surface area contributed by atoms with Crippen molar-refractivity contribution in [1.29, 1.82) is 0 Å². The lowest BCUT2D eigenvalue weighted by atomic mass is 10.1. The molecule has 1 fully saturated rings. The average molecular weight is 631 g/mol. The summed E-state index contributed by atoms with van der Waals surface area (Å²) >= 11 is 16.8. The molecular formula is C21H15Br3N2O2S2. The number of hydrogen-bond acceptors (Lipinski definition) is 4. The molecule has 2 aromatic rings. The number of thioether (sulfide) groups is 1. The SMILES string of the molecule is CC(=Cc1ccccc1)C=C1SC(=S)N(CC(=O)Nc2c(Br)cc(Br)cc2Br)C1=O. The topological polar surface area (TPSA) is 49.4 Å². The maximum atomic E-state index is 12.8. The predicted octanol–water partition coefficient (Wildman–Crippen LogP) is 6.76. The molecule has 2 aromatic carbocycles. The van der Waals surface area contributed by atoms with Gasteiger partial charge in [0.05, 0.1) is 10.6 Å². The number of hydrogen-bond donors (Lipinski definition) is 1. The van der Waals surface area contributed by atoms with Gasteiger partial charge in [0.25, 0.3) is 5.91 Å². The molecule has 0 radical (unpaired) electrons. The second kappa shape index (κ2) is 10.4. The van der Waals surface area contributed by atoms with Crippen LogP contribution in [0, 0.1) is 0 Å². The standard InChI is InChI=1S/C21H15Br3N2O2S2/c1-12(7-13-5-3-2-4-6-13)8-17-20(28)26(21(29)30-17)11-18(27)25-19-15(23)9-14(22)10-16(19)24/h2-10H,11H2,1H3,(H,25,27). The first-order valence-corrected chi connectivity index (χ1v) is 12.3. The third-order valence-electron chi connectivity index (χ3n) is 4.00. The van der Waals surface area contributed by atoms with E-state index in [4.69, 9.17) is 12.2 Å². The number of allylic oxidation sites excluding steroid dienone is 2. The van der Waals surface area contributed by atoms with Crippen molar-refractivity contribution in [2.75, 3.05) is 11.9 Å². The van der Waals surface area contributed by atoms with Gasteiger partial charge in [-0.1, -0.05) is 76.3 Å². The highest BCUT2D eigenvalue weighted by atomic mass is 79.9. The molecule has 0 unspecified atom stereocenters. The van der Waals surface area contributed by atoms with Crippen molar-refractivity contribution < 1.29 is 9.59 Å². The van der Waals surface area contributed by atoms with Gasteiger partial charge in [-0.2, -0.15) is 0 Å².